The minimum Gasteiger partial charge on any atom is -0.369 e. The van der Waals surface area contributed by atoms with Gasteiger partial charge in [0.2, 0.25) is 11.8 Å². The zero-order valence-corrected chi connectivity index (χ0v) is 13.1. The number of aryl methyl sites for hydroxylation is 1. The van der Waals surface area contributed by atoms with E-state index < -0.39 is 0 Å². The molecule has 0 saturated carbocycles. The number of nitrogens with two attached hydrogens (primary N) is 1. The first kappa shape index (κ1) is 15.1. The van der Waals surface area contributed by atoms with E-state index >= 15 is 0 Å². The average Bonchev–Trinajstić information content (AvgIpc) is 2.54. The van der Waals surface area contributed by atoms with Crippen LogP contribution in [0.1, 0.15) is 49.7 Å². The highest BCUT2D eigenvalue weighted by Crippen LogP contribution is 2.35. The monoisotopic (exact) mass is 300 g/mol. The molecule has 1 aliphatic heterocycles. The maximum absolute atomic E-state index is 13.1. The van der Waals surface area contributed by atoms with Crippen molar-refractivity contribution in [3.8, 4) is 0 Å². The number of hydrogen-bond donors (Lipinski definition) is 1. The van der Waals surface area contributed by atoms with Gasteiger partial charge in [-0.25, -0.2) is 0 Å². The molecular weight excluding hydrogens is 276 g/mol. The van der Waals surface area contributed by atoms with Crippen LogP contribution in [0.3, 0.4) is 0 Å². The predicted octanol–water partition coefficient (Wildman–Crippen LogP) is 2.22. The second kappa shape index (κ2) is 6.11. The average molecular weight is 300 g/mol. The van der Waals surface area contributed by atoms with Crippen LogP contribution in [0.25, 0.3) is 0 Å². The summed E-state index contributed by atoms with van der Waals surface area (Å²) in [6, 6.07) is 8.45. The first-order valence-corrected chi connectivity index (χ1v) is 8.25. The Labute approximate surface area is 131 Å². The highest BCUT2D eigenvalue weighted by Gasteiger charge is 2.36. The van der Waals surface area contributed by atoms with Crippen LogP contribution < -0.4 is 5.73 Å². The molecular formula is C18H24N2O2. The summed E-state index contributed by atoms with van der Waals surface area (Å²) in [6.45, 7) is 2.55. The van der Waals surface area contributed by atoms with Gasteiger partial charge in [-0.3, -0.25) is 9.59 Å². The zero-order chi connectivity index (χ0) is 15.7. The molecule has 1 fully saturated rings. The minimum absolute atomic E-state index is 0.0565. The maximum Gasteiger partial charge on any atom is 0.230 e. The smallest absolute Gasteiger partial charge is 0.230 e. The van der Waals surface area contributed by atoms with E-state index in [0.717, 1.165) is 32.1 Å². The highest BCUT2D eigenvalue weighted by molar-refractivity contribution is 5.86. The molecule has 0 unspecified atom stereocenters. The van der Waals surface area contributed by atoms with Gasteiger partial charge >= 0.3 is 0 Å². The van der Waals surface area contributed by atoms with Crippen molar-refractivity contribution >= 4 is 11.8 Å². The molecule has 0 radical (unpaired) electrons. The Kier molecular flexibility index (Phi) is 4.19. The van der Waals surface area contributed by atoms with Crippen molar-refractivity contribution in [3.63, 3.8) is 0 Å². The van der Waals surface area contributed by atoms with E-state index in [1.54, 1.807) is 0 Å². The van der Waals surface area contributed by atoms with Crippen LogP contribution in [0.4, 0.5) is 0 Å². The van der Waals surface area contributed by atoms with Gasteiger partial charge in [-0.15, -0.1) is 0 Å². The molecule has 1 aromatic rings. The number of fused-ring (bicyclic) bond motifs is 1. The lowest BCUT2D eigenvalue weighted by atomic mass is 9.81. The third kappa shape index (κ3) is 2.74. The van der Waals surface area contributed by atoms with Gasteiger partial charge in [-0.05, 0) is 50.2 Å². The molecule has 1 heterocycles. The second-order valence-electron chi connectivity index (χ2n) is 6.66. The summed E-state index contributed by atoms with van der Waals surface area (Å²) in [5.41, 5.74) is 7.92. The van der Waals surface area contributed by atoms with Crippen LogP contribution in [0, 0.1) is 5.92 Å². The molecule has 1 saturated heterocycles. The van der Waals surface area contributed by atoms with E-state index in [4.69, 9.17) is 5.73 Å². The third-order valence-corrected chi connectivity index (χ3v) is 5.24. The quantitative estimate of drug-likeness (QED) is 0.910. The molecule has 0 aromatic heterocycles. The number of benzene rings is 1. The summed E-state index contributed by atoms with van der Waals surface area (Å²) in [4.78, 5) is 26.5. The Hall–Kier alpha value is -1.84. The van der Waals surface area contributed by atoms with Gasteiger partial charge in [0.25, 0.3) is 0 Å². The fourth-order valence-corrected chi connectivity index (χ4v) is 3.86. The number of piperidine rings is 1. The lowest BCUT2D eigenvalue weighted by Crippen LogP contribution is -2.50. The van der Waals surface area contributed by atoms with Crippen molar-refractivity contribution in [2.75, 3.05) is 6.54 Å². The van der Waals surface area contributed by atoms with E-state index in [-0.39, 0.29) is 29.7 Å². The van der Waals surface area contributed by atoms with Crippen molar-refractivity contribution in [3.05, 3.63) is 35.4 Å². The lowest BCUT2D eigenvalue weighted by Gasteiger charge is -2.40. The summed E-state index contributed by atoms with van der Waals surface area (Å²) in [5, 5.41) is 0. The molecule has 2 N–H and O–H groups in total. The van der Waals surface area contributed by atoms with Crippen LogP contribution >= 0.6 is 0 Å². The van der Waals surface area contributed by atoms with E-state index in [1.165, 1.54) is 11.1 Å². The van der Waals surface area contributed by atoms with Crippen LogP contribution in [0.15, 0.2) is 24.3 Å². The molecule has 0 bridgehead atoms. The Morgan fingerprint density at radius 2 is 1.95 bits per heavy atom. The van der Waals surface area contributed by atoms with Crippen LogP contribution in [0.5, 0.6) is 0 Å². The van der Waals surface area contributed by atoms with Gasteiger partial charge in [0, 0.05) is 12.6 Å². The number of hydrogen-bond acceptors (Lipinski definition) is 2. The fourth-order valence-electron chi connectivity index (χ4n) is 3.86. The molecule has 118 valence electrons. The molecule has 4 heteroatoms. The number of nitrogens with zero attached hydrogens (tertiary/aromatic N) is 1. The van der Waals surface area contributed by atoms with Crippen molar-refractivity contribution in [2.45, 2.75) is 51.0 Å². The van der Waals surface area contributed by atoms with E-state index in [0.29, 0.717) is 6.54 Å². The molecule has 2 amide bonds. The molecule has 4 nitrogen and oxygen atoms in total. The number of likely N-dealkylation sites (tertiary alicyclic amines) is 1. The molecule has 2 aliphatic rings. The van der Waals surface area contributed by atoms with Gasteiger partial charge < -0.3 is 10.6 Å². The number of primary amides is 1. The van der Waals surface area contributed by atoms with Crippen molar-refractivity contribution in [1.82, 2.24) is 4.90 Å². The normalized spacial score (nSPS) is 28.0. The van der Waals surface area contributed by atoms with Crippen LogP contribution in [0.2, 0.25) is 0 Å². The largest absolute Gasteiger partial charge is 0.369 e. The Balaban J connectivity index is 1.83. The van der Waals surface area contributed by atoms with Crippen LogP contribution in [-0.2, 0) is 16.0 Å². The third-order valence-electron chi connectivity index (χ3n) is 5.24. The minimum atomic E-state index is -0.284. The Morgan fingerprint density at radius 1 is 1.18 bits per heavy atom. The summed E-state index contributed by atoms with van der Waals surface area (Å²) in [5.74, 6) is -0.364. The lowest BCUT2D eigenvalue weighted by molar-refractivity contribution is -0.139. The number of carbonyl (C=O) groups is 2. The topological polar surface area (TPSA) is 63.4 Å². The second-order valence-corrected chi connectivity index (χ2v) is 6.66. The van der Waals surface area contributed by atoms with Gasteiger partial charge in [0.05, 0.1) is 11.8 Å². The molecule has 1 aliphatic carbocycles. The van der Waals surface area contributed by atoms with Gasteiger partial charge in [0.15, 0.2) is 0 Å². The standard InChI is InChI=1S/C18H24N2O2/c1-12-9-10-14(17(19)21)11-20(12)18(22)16-8-4-6-13-5-2-3-7-15(13)16/h2-3,5,7,12,14,16H,4,6,8-11H2,1H3,(H2,19,21)/t12-,14+,16-/m1/s1. The number of carbonyl (C=O) groups excluding carboxylic acids is 2. The SMILES string of the molecule is C[C@@H]1CC[C@H](C(N)=O)CN1C(=O)[C@@H]1CCCc2ccccc21. The first-order chi connectivity index (χ1) is 10.6. The molecule has 0 spiro atoms. The van der Waals surface area contributed by atoms with Gasteiger partial charge in [0.1, 0.15) is 0 Å². The molecule has 3 rings (SSSR count). The summed E-state index contributed by atoms with van der Waals surface area (Å²) in [6.07, 6.45) is 4.66. The van der Waals surface area contributed by atoms with E-state index in [2.05, 4.69) is 19.1 Å². The van der Waals surface area contributed by atoms with Gasteiger partial charge in [-0.2, -0.15) is 0 Å². The molecule has 3 atom stereocenters. The fraction of sp³-hybridized carbons (Fsp3) is 0.556. The highest BCUT2D eigenvalue weighted by atomic mass is 16.2. The van der Waals surface area contributed by atoms with Crippen molar-refractivity contribution < 1.29 is 9.59 Å². The summed E-state index contributed by atoms with van der Waals surface area (Å²) in [7, 11) is 0. The predicted molar refractivity (Wildman–Crippen MR) is 85.2 cm³/mol. The first-order valence-electron chi connectivity index (χ1n) is 8.25. The molecule has 1 aromatic carbocycles. The van der Waals surface area contributed by atoms with E-state index in [9.17, 15) is 9.59 Å². The van der Waals surface area contributed by atoms with Crippen LogP contribution in [-0.4, -0.2) is 29.3 Å². The van der Waals surface area contributed by atoms with E-state index in [1.807, 2.05) is 17.0 Å². The molecule has 22 heavy (non-hydrogen) atoms. The number of amides is 2. The van der Waals surface area contributed by atoms with Gasteiger partial charge in [-0.1, -0.05) is 24.3 Å². The summed E-state index contributed by atoms with van der Waals surface area (Å²) >= 11 is 0. The Bertz CT molecular complexity index is 584. The maximum atomic E-state index is 13.1. The van der Waals surface area contributed by atoms with Crippen molar-refractivity contribution in [1.29, 1.82) is 0 Å². The number of rotatable bonds is 2. The zero-order valence-electron chi connectivity index (χ0n) is 13.1. The van der Waals surface area contributed by atoms with Crippen molar-refractivity contribution in [2.24, 2.45) is 11.7 Å². The Morgan fingerprint density at radius 3 is 2.73 bits per heavy atom. The summed E-state index contributed by atoms with van der Waals surface area (Å²) < 4.78 is 0.